The van der Waals surface area contributed by atoms with Crippen LogP contribution in [0.5, 0.6) is 0 Å². The molecule has 2 unspecified atom stereocenters. The van der Waals surface area contributed by atoms with Gasteiger partial charge in [-0.3, -0.25) is 0 Å². The maximum atomic E-state index is 10.3. The smallest absolute Gasteiger partial charge is 0.105 e. The highest BCUT2D eigenvalue weighted by Crippen LogP contribution is 2.26. The molecule has 94 valence electrons. The molecule has 0 spiro atoms. The molecule has 1 aliphatic heterocycles. The molecule has 2 aliphatic rings. The van der Waals surface area contributed by atoms with Crippen LogP contribution in [0, 0.1) is 0 Å². The van der Waals surface area contributed by atoms with Crippen LogP contribution in [0.15, 0.2) is 0 Å². The Labute approximate surface area is 97.0 Å². The molecule has 0 aromatic rings. The quantitative estimate of drug-likeness (QED) is 0.656. The van der Waals surface area contributed by atoms with Gasteiger partial charge in [0.1, 0.15) is 5.60 Å². The topological polar surface area (TPSA) is 61.7 Å². The highest BCUT2D eigenvalue weighted by molar-refractivity contribution is 4.93. The van der Waals surface area contributed by atoms with E-state index in [-0.39, 0.29) is 18.2 Å². The maximum Gasteiger partial charge on any atom is 0.105 e. The molecule has 0 amide bonds. The number of nitrogens with one attached hydrogen (secondary N) is 1. The van der Waals surface area contributed by atoms with Crippen LogP contribution in [0.3, 0.4) is 0 Å². The Kier molecular flexibility index (Phi) is 3.85. The van der Waals surface area contributed by atoms with E-state index in [1.54, 1.807) is 0 Å². The Morgan fingerprint density at radius 2 is 2.12 bits per heavy atom. The summed E-state index contributed by atoms with van der Waals surface area (Å²) in [5.74, 6) is 0. The second-order valence-electron chi connectivity index (χ2n) is 5.21. The number of aliphatic hydroxyl groups is 2. The van der Waals surface area contributed by atoms with Gasteiger partial charge in [0.2, 0.25) is 0 Å². The van der Waals surface area contributed by atoms with Gasteiger partial charge in [-0.15, -0.1) is 0 Å². The standard InChI is InChI=1S/C12H23NO3/c1-9-12(15,6-7-16-9)8-13-10-4-2-3-5-11(10)14/h9-11,13-15H,2-8H2,1H3/t9?,10-,11-,12?/m1/s1. The van der Waals surface area contributed by atoms with Crippen molar-refractivity contribution < 1.29 is 14.9 Å². The monoisotopic (exact) mass is 229 g/mol. The van der Waals surface area contributed by atoms with Gasteiger partial charge in [0.25, 0.3) is 0 Å². The zero-order chi connectivity index (χ0) is 11.6. The molecule has 1 saturated heterocycles. The molecule has 0 radical (unpaired) electrons. The largest absolute Gasteiger partial charge is 0.392 e. The minimum absolute atomic E-state index is 0.110. The lowest BCUT2D eigenvalue weighted by Crippen LogP contribution is -2.52. The van der Waals surface area contributed by atoms with Crippen molar-refractivity contribution in [1.82, 2.24) is 5.32 Å². The van der Waals surface area contributed by atoms with E-state index in [0.29, 0.717) is 19.6 Å². The molecule has 2 rings (SSSR count). The summed E-state index contributed by atoms with van der Waals surface area (Å²) in [6.45, 7) is 3.06. The van der Waals surface area contributed by atoms with Gasteiger partial charge in [-0.25, -0.2) is 0 Å². The fourth-order valence-electron chi connectivity index (χ4n) is 2.66. The molecule has 4 heteroatoms. The average molecular weight is 229 g/mol. The molecular weight excluding hydrogens is 206 g/mol. The molecule has 0 aromatic carbocycles. The average Bonchev–Trinajstić information content (AvgIpc) is 2.59. The highest BCUT2D eigenvalue weighted by Gasteiger charge is 2.40. The first-order valence-electron chi connectivity index (χ1n) is 6.37. The van der Waals surface area contributed by atoms with E-state index in [1.807, 2.05) is 6.92 Å². The van der Waals surface area contributed by atoms with Crippen molar-refractivity contribution in [2.24, 2.45) is 0 Å². The molecular formula is C12H23NO3. The Balaban J connectivity index is 1.81. The van der Waals surface area contributed by atoms with Gasteiger partial charge in [-0.2, -0.15) is 0 Å². The fourth-order valence-corrected chi connectivity index (χ4v) is 2.66. The van der Waals surface area contributed by atoms with Crippen molar-refractivity contribution in [1.29, 1.82) is 0 Å². The van der Waals surface area contributed by atoms with Gasteiger partial charge in [0, 0.05) is 25.6 Å². The summed E-state index contributed by atoms with van der Waals surface area (Å²) in [4.78, 5) is 0. The van der Waals surface area contributed by atoms with Crippen molar-refractivity contribution in [3.8, 4) is 0 Å². The molecule has 1 heterocycles. The summed E-state index contributed by atoms with van der Waals surface area (Å²) >= 11 is 0. The molecule has 4 atom stereocenters. The minimum Gasteiger partial charge on any atom is -0.392 e. The van der Waals surface area contributed by atoms with Crippen LogP contribution in [0.4, 0.5) is 0 Å². The SMILES string of the molecule is CC1OCCC1(O)CN[C@@H]1CCCC[C@H]1O. The fraction of sp³-hybridized carbons (Fsp3) is 1.00. The lowest BCUT2D eigenvalue weighted by molar-refractivity contribution is -0.0323. The van der Waals surface area contributed by atoms with Crippen LogP contribution >= 0.6 is 0 Å². The first kappa shape index (κ1) is 12.3. The number of ether oxygens (including phenoxy) is 1. The van der Waals surface area contributed by atoms with Gasteiger partial charge in [-0.1, -0.05) is 12.8 Å². The Bertz CT molecular complexity index is 236. The molecule has 3 N–H and O–H groups in total. The molecule has 1 aliphatic carbocycles. The van der Waals surface area contributed by atoms with Crippen molar-refractivity contribution in [3.05, 3.63) is 0 Å². The summed E-state index contributed by atoms with van der Waals surface area (Å²) in [6.07, 6.45) is 4.48. The lowest BCUT2D eigenvalue weighted by Gasteiger charge is -2.33. The second kappa shape index (κ2) is 5.00. The maximum absolute atomic E-state index is 10.3. The minimum atomic E-state index is -0.753. The van der Waals surface area contributed by atoms with Crippen molar-refractivity contribution in [2.75, 3.05) is 13.2 Å². The van der Waals surface area contributed by atoms with E-state index in [1.165, 1.54) is 6.42 Å². The number of hydrogen-bond donors (Lipinski definition) is 3. The first-order chi connectivity index (χ1) is 7.62. The molecule has 16 heavy (non-hydrogen) atoms. The number of hydrogen-bond acceptors (Lipinski definition) is 4. The van der Waals surface area contributed by atoms with Crippen LogP contribution in [0.25, 0.3) is 0 Å². The van der Waals surface area contributed by atoms with Crippen LogP contribution in [0.2, 0.25) is 0 Å². The number of rotatable bonds is 3. The van der Waals surface area contributed by atoms with E-state index in [9.17, 15) is 10.2 Å². The van der Waals surface area contributed by atoms with Crippen molar-refractivity contribution >= 4 is 0 Å². The molecule has 2 fully saturated rings. The third kappa shape index (κ3) is 2.56. The Hall–Kier alpha value is -0.160. The predicted molar refractivity (Wildman–Crippen MR) is 61.2 cm³/mol. The van der Waals surface area contributed by atoms with Crippen LogP contribution < -0.4 is 5.32 Å². The zero-order valence-electron chi connectivity index (χ0n) is 9.98. The molecule has 4 nitrogen and oxygen atoms in total. The summed E-state index contributed by atoms with van der Waals surface area (Å²) in [7, 11) is 0. The van der Waals surface area contributed by atoms with Gasteiger partial charge in [0.05, 0.1) is 12.2 Å². The third-order valence-corrected chi connectivity index (χ3v) is 4.06. The van der Waals surface area contributed by atoms with Crippen LogP contribution in [-0.4, -0.2) is 47.2 Å². The third-order valence-electron chi connectivity index (χ3n) is 4.06. The molecule has 0 bridgehead atoms. The van der Waals surface area contributed by atoms with Crippen LogP contribution in [0.1, 0.15) is 39.0 Å². The van der Waals surface area contributed by atoms with Crippen molar-refractivity contribution in [3.63, 3.8) is 0 Å². The first-order valence-corrected chi connectivity index (χ1v) is 6.37. The van der Waals surface area contributed by atoms with Gasteiger partial charge < -0.3 is 20.3 Å². The lowest BCUT2D eigenvalue weighted by atomic mass is 9.90. The summed E-state index contributed by atoms with van der Waals surface area (Å²) in [5, 5.41) is 23.4. The summed E-state index contributed by atoms with van der Waals surface area (Å²) in [6, 6.07) is 0.144. The van der Waals surface area contributed by atoms with E-state index in [4.69, 9.17) is 4.74 Å². The van der Waals surface area contributed by atoms with Gasteiger partial charge in [0.15, 0.2) is 0 Å². The normalized spacial score (nSPS) is 44.8. The van der Waals surface area contributed by atoms with Gasteiger partial charge >= 0.3 is 0 Å². The predicted octanol–water partition coefficient (Wildman–Crippen LogP) is 0.419. The van der Waals surface area contributed by atoms with Crippen molar-refractivity contribution in [2.45, 2.75) is 62.9 Å². The zero-order valence-corrected chi connectivity index (χ0v) is 9.98. The molecule has 0 aromatic heterocycles. The van der Waals surface area contributed by atoms with Crippen LogP contribution in [-0.2, 0) is 4.74 Å². The summed E-state index contributed by atoms with van der Waals surface area (Å²) < 4.78 is 5.38. The Morgan fingerprint density at radius 1 is 1.38 bits per heavy atom. The Morgan fingerprint density at radius 3 is 2.75 bits per heavy atom. The van der Waals surface area contributed by atoms with E-state index >= 15 is 0 Å². The van der Waals surface area contributed by atoms with E-state index < -0.39 is 5.60 Å². The number of aliphatic hydroxyl groups excluding tert-OH is 1. The van der Waals surface area contributed by atoms with Gasteiger partial charge in [-0.05, 0) is 19.8 Å². The van der Waals surface area contributed by atoms with E-state index in [2.05, 4.69) is 5.32 Å². The second-order valence-corrected chi connectivity index (χ2v) is 5.21. The molecule has 1 saturated carbocycles. The highest BCUT2D eigenvalue weighted by atomic mass is 16.5. The van der Waals surface area contributed by atoms with E-state index in [0.717, 1.165) is 19.3 Å². The summed E-state index contributed by atoms with van der Waals surface area (Å²) in [5.41, 5.74) is -0.753.